The van der Waals surface area contributed by atoms with Gasteiger partial charge in [-0.05, 0) is 37.5 Å². The molecule has 1 atom stereocenters. The first-order valence-corrected chi connectivity index (χ1v) is 7.43. The Balaban J connectivity index is 1.76. The summed E-state index contributed by atoms with van der Waals surface area (Å²) in [5, 5.41) is 2.99. The number of benzene rings is 2. The van der Waals surface area contributed by atoms with E-state index in [0.717, 1.165) is 25.1 Å². The van der Waals surface area contributed by atoms with Crippen molar-refractivity contribution in [2.45, 2.75) is 25.8 Å². The number of hydrogen-bond acceptors (Lipinski definition) is 1. The number of nitrogens with zero attached hydrogens (tertiary/aromatic N) is 1. The molecule has 2 aromatic carbocycles. The number of amides is 2. The fraction of sp³-hybridized carbons (Fsp3) is 0.278. The number of rotatable bonds is 2. The maximum absolute atomic E-state index is 12.5. The highest BCUT2D eigenvalue weighted by Gasteiger charge is 2.29. The van der Waals surface area contributed by atoms with Gasteiger partial charge in [0.15, 0.2) is 0 Å². The lowest BCUT2D eigenvalue weighted by Crippen LogP contribution is -2.34. The lowest BCUT2D eigenvalue weighted by atomic mass is 10.0. The summed E-state index contributed by atoms with van der Waals surface area (Å²) in [7, 11) is 0. The van der Waals surface area contributed by atoms with Gasteiger partial charge in [-0.1, -0.05) is 48.0 Å². The van der Waals surface area contributed by atoms with Crippen LogP contribution in [0, 0.1) is 6.92 Å². The molecule has 108 valence electrons. The average molecular weight is 280 g/mol. The van der Waals surface area contributed by atoms with E-state index in [1.54, 1.807) is 0 Å². The van der Waals surface area contributed by atoms with Crippen LogP contribution in [0.1, 0.15) is 30.0 Å². The number of urea groups is 1. The van der Waals surface area contributed by atoms with E-state index >= 15 is 0 Å². The first-order chi connectivity index (χ1) is 10.2. The van der Waals surface area contributed by atoms with Crippen LogP contribution in [-0.4, -0.2) is 17.5 Å². The Hall–Kier alpha value is -2.29. The van der Waals surface area contributed by atoms with Crippen molar-refractivity contribution < 1.29 is 4.79 Å². The molecule has 2 aromatic rings. The number of nitrogens with one attached hydrogen (secondary N) is 1. The Morgan fingerprint density at radius 1 is 1.14 bits per heavy atom. The second kappa shape index (κ2) is 6.00. The Morgan fingerprint density at radius 3 is 2.71 bits per heavy atom. The standard InChI is InChI=1S/C18H20N2O/c1-14-7-5-8-15(13-14)17-11-6-12-20(17)18(21)19-16-9-3-2-4-10-16/h2-5,7-10,13,17H,6,11-12H2,1H3,(H,19,21)/t17-/m0/s1. The monoisotopic (exact) mass is 280 g/mol. The van der Waals surface area contributed by atoms with Crippen molar-refractivity contribution in [1.29, 1.82) is 0 Å². The van der Waals surface area contributed by atoms with E-state index in [9.17, 15) is 4.79 Å². The van der Waals surface area contributed by atoms with E-state index in [1.807, 2.05) is 35.2 Å². The third-order valence-electron chi connectivity index (χ3n) is 3.97. The Labute approximate surface area is 125 Å². The van der Waals surface area contributed by atoms with Crippen LogP contribution >= 0.6 is 0 Å². The molecule has 0 bridgehead atoms. The third-order valence-corrected chi connectivity index (χ3v) is 3.97. The van der Waals surface area contributed by atoms with E-state index in [4.69, 9.17) is 0 Å². The number of para-hydroxylation sites is 1. The van der Waals surface area contributed by atoms with Crippen molar-refractivity contribution in [3.8, 4) is 0 Å². The van der Waals surface area contributed by atoms with E-state index in [-0.39, 0.29) is 12.1 Å². The molecule has 21 heavy (non-hydrogen) atoms. The quantitative estimate of drug-likeness (QED) is 0.870. The molecule has 1 heterocycles. The van der Waals surface area contributed by atoms with Gasteiger partial charge < -0.3 is 10.2 Å². The molecule has 3 rings (SSSR count). The third kappa shape index (κ3) is 3.07. The zero-order valence-electron chi connectivity index (χ0n) is 12.3. The first kappa shape index (κ1) is 13.7. The molecule has 2 amide bonds. The Morgan fingerprint density at radius 2 is 1.95 bits per heavy atom. The van der Waals surface area contributed by atoms with E-state index in [2.05, 4.69) is 36.5 Å². The van der Waals surface area contributed by atoms with Crippen LogP contribution in [0.25, 0.3) is 0 Å². The van der Waals surface area contributed by atoms with Gasteiger partial charge >= 0.3 is 6.03 Å². The minimum Gasteiger partial charge on any atom is -0.317 e. The molecule has 1 saturated heterocycles. The predicted molar refractivity (Wildman–Crippen MR) is 85.3 cm³/mol. The van der Waals surface area contributed by atoms with Gasteiger partial charge in [-0.2, -0.15) is 0 Å². The minimum absolute atomic E-state index is 0.00907. The summed E-state index contributed by atoms with van der Waals surface area (Å²) >= 11 is 0. The molecular formula is C18H20N2O. The number of hydrogen-bond donors (Lipinski definition) is 1. The first-order valence-electron chi connectivity index (χ1n) is 7.43. The van der Waals surface area contributed by atoms with Crippen LogP contribution in [0.15, 0.2) is 54.6 Å². The summed E-state index contributed by atoms with van der Waals surface area (Å²) in [5.41, 5.74) is 3.32. The van der Waals surface area contributed by atoms with Gasteiger partial charge in [0.2, 0.25) is 0 Å². The van der Waals surface area contributed by atoms with Gasteiger partial charge in [-0.3, -0.25) is 0 Å². The normalized spacial score (nSPS) is 17.8. The number of carbonyl (C=O) groups is 1. The lowest BCUT2D eigenvalue weighted by molar-refractivity contribution is 0.207. The van der Waals surface area contributed by atoms with E-state index < -0.39 is 0 Å². The molecule has 0 saturated carbocycles. The van der Waals surface area contributed by atoms with Crippen LogP contribution < -0.4 is 5.32 Å². The number of aryl methyl sites for hydroxylation is 1. The fourth-order valence-electron chi connectivity index (χ4n) is 2.95. The van der Waals surface area contributed by atoms with Gasteiger partial charge in [0.25, 0.3) is 0 Å². The maximum atomic E-state index is 12.5. The lowest BCUT2D eigenvalue weighted by Gasteiger charge is -2.25. The molecular weight excluding hydrogens is 260 g/mol. The highest BCUT2D eigenvalue weighted by molar-refractivity contribution is 5.89. The van der Waals surface area contributed by atoms with Crippen molar-refractivity contribution in [3.05, 3.63) is 65.7 Å². The Bertz CT molecular complexity index is 624. The molecule has 0 unspecified atom stereocenters. The van der Waals surface area contributed by atoms with Crippen LogP contribution in [0.3, 0.4) is 0 Å². The molecule has 0 spiro atoms. The van der Waals surface area contributed by atoms with Gasteiger partial charge in [0.1, 0.15) is 0 Å². The fourth-order valence-corrected chi connectivity index (χ4v) is 2.95. The summed E-state index contributed by atoms with van der Waals surface area (Å²) in [6.45, 7) is 2.91. The minimum atomic E-state index is -0.00907. The SMILES string of the molecule is Cc1cccc([C@@H]2CCCN2C(=O)Nc2ccccc2)c1. The molecule has 0 radical (unpaired) electrons. The van der Waals surface area contributed by atoms with Gasteiger partial charge in [-0.25, -0.2) is 4.79 Å². The van der Waals surface area contributed by atoms with Crippen molar-refractivity contribution in [3.63, 3.8) is 0 Å². The van der Waals surface area contributed by atoms with Crippen LogP contribution in [0.2, 0.25) is 0 Å². The maximum Gasteiger partial charge on any atom is 0.322 e. The second-order valence-corrected chi connectivity index (χ2v) is 5.56. The van der Waals surface area contributed by atoms with Crippen LogP contribution in [0.5, 0.6) is 0 Å². The highest BCUT2D eigenvalue weighted by atomic mass is 16.2. The van der Waals surface area contributed by atoms with Gasteiger partial charge in [-0.15, -0.1) is 0 Å². The summed E-state index contributed by atoms with van der Waals surface area (Å²) in [6.07, 6.45) is 2.09. The van der Waals surface area contributed by atoms with Crippen LogP contribution in [0.4, 0.5) is 10.5 Å². The molecule has 0 aliphatic carbocycles. The summed E-state index contributed by atoms with van der Waals surface area (Å²) in [5.74, 6) is 0. The molecule has 0 aromatic heterocycles. The van der Waals surface area contributed by atoms with Crippen LogP contribution in [-0.2, 0) is 0 Å². The highest BCUT2D eigenvalue weighted by Crippen LogP contribution is 2.32. The smallest absolute Gasteiger partial charge is 0.317 e. The van der Waals surface area contributed by atoms with E-state index in [1.165, 1.54) is 11.1 Å². The summed E-state index contributed by atoms with van der Waals surface area (Å²) in [6, 6.07) is 18.3. The second-order valence-electron chi connectivity index (χ2n) is 5.56. The van der Waals surface area contributed by atoms with Gasteiger partial charge in [0, 0.05) is 12.2 Å². The molecule has 1 fully saturated rings. The van der Waals surface area contributed by atoms with Crippen molar-refractivity contribution in [1.82, 2.24) is 4.90 Å². The average Bonchev–Trinajstić information content (AvgIpc) is 2.98. The number of carbonyl (C=O) groups excluding carboxylic acids is 1. The predicted octanol–water partition coefficient (Wildman–Crippen LogP) is 4.36. The number of likely N-dealkylation sites (tertiary alicyclic amines) is 1. The molecule has 3 heteroatoms. The summed E-state index contributed by atoms with van der Waals surface area (Å²) in [4.78, 5) is 14.4. The van der Waals surface area contributed by atoms with Crippen molar-refractivity contribution in [2.24, 2.45) is 0 Å². The topological polar surface area (TPSA) is 32.3 Å². The summed E-state index contributed by atoms with van der Waals surface area (Å²) < 4.78 is 0. The molecule has 1 N–H and O–H groups in total. The molecule has 1 aliphatic rings. The molecule has 1 aliphatic heterocycles. The largest absolute Gasteiger partial charge is 0.322 e. The zero-order chi connectivity index (χ0) is 14.7. The van der Waals surface area contributed by atoms with Crippen molar-refractivity contribution >= 4 is 11.7 Å². The number of anilines is 1. The molecule has 3 nitrogen and oxygen atoms in total. The van der Waals surface area contributed by atoms with E-state index in [0.29, 0.717) is 0 Å². The van der Waals surface area contributed by atoms with Gasteiger partial charge in [0.05, 0.1) is 6.04 Å². The zero-order valence-corrected chi connectivity index (χ0v) is 12.3. The Kier molecular flexibility index (Phi) is 3.91. The van der Waals surface area contributed by atoms with Crippen molar-refractivity contribution in [2.75, 3.05) is 11.9 Å².